The van der Waals surface area contributed by atoms with Crippen molar-refractivity contribution in [1.29, 1.82) is 0 Å². The van der Waals surface area contributed by atoms with E-state index in [2.05, 4.69) is 10.5 Å². The molecule has 4 N–H and O–H groups in total. The van der Waals surface area contributed by atoms with Gasteiger partial charge in [0.15, 0.2) is 5.82 Å². The number of rotatable bonds is 7. The maximum Gasteiger partial charge on any atom is 0.164 e. The Morgan fingerprint density at radius 1 is 1.45 bits per heavy atom. The number of oxime groups is 1. The molecule has 0 bridgehead atoms. The molecule has 0 saturated carbocycles. The molecule has 0 radical (unpaired) electrons. The Bertz CT molecular complexity index is 477. The van der Waals surface area contributed by atoms with Crippen molar-refractivity contribution in [3.05, 3.63) is 29.0 Å². The van der Waals surface area contributed by atoms with Crippen LogP contribution in [0, 0.1) is 11.2 Å². The number of nitrogens with two attached hydrogens (primary N) is 1. The number of amidine groups is 1. The maximum absolute atomic E-state index is 13.6. The minimum absolute atomic E-state index is 0.114. The van der Waals surface area contributed by atoms with Gasteiger partial charge >= 0.3 is 0 Å². The largest absolute Gasteiger partial charge is 0.409 e. The zero-order valence-corrected chi connectivity index (χ0v) is 12.5. The smallest absolute Gasteiger partial charge is 0.164 e. The second-order valence-corrected chi connectivity index (χ2v) is 5.76. The maximum atomic E-state index is 13.6. The van der Waals surface area contributed by atoms with E-state index in [9.17, 15) is 4.39 Å². The van der Waals surface area contributed by atoms with E-state index in [1.54, 1.807) is 12.1 Å². The first-order chi connectivity index (χ1) is 9.38. The van der Waals surface area contributed by atoms with Crippen molar-refractivity contribution in [1.82, 2.24) is 0 Å². The molecule has 0 fully saturated rings. The standard InChI is InChI=1S/C14H21ClFN3O/c1-14(2,13(17)19-20)8-3-4-9-18-11-7-5-6-10(15)12(11)16/h5-7,18,20H,3-4,8-9H2,1-2H3,(H2,17,19). The molecule has 0 aromatic heterocycles. The van der Waals surface area contributed by atoms with Gasteiger partial charge in [0.2, 0.25) is 0 Å². The molecule has 0 spiro atoms. The van der Waals surface area contributed by atoms with Crippen molar-refractivity contribution in [2.24, 2.45) is 16.3 Å². The molecule has 0 saturated heterocycles. The minimum Gasteiger partial charge on any atom is -0.409 e. The Morgan fingerprint density at radius 2 is 2.15 bits per heavy atom. The van der Waals surface area contributed by atoms with Crippen LogP contribution in [0.5, 0.6) is 0 Å². The molecular weight excluding hydrogens is 281 g/mol. The van der Waals surface area contributed by atoms with Crippen molar-refractivity contribution in [2.45, 2.75) is 33.1 Å². The summed E-state index contributed by atoms with van der Waals surface area (Å²) in [6.45, 7) is 4.49. The first-order valence-electron chi connectivity index (χ1n) is 6.54. The average Bonchev–Trinajstić information content (AvgIpc) is 2.41. The summed E-state index contributed by atoms with van der Waals surface area (Å²) in [6.07, 6.45) is 2.54. The van der Waals surface area contributed by atoms with Gasteiger partial charge < -0.3 is 16.3 Å². The quantitative estimate of drug-likeness (QED) is 0.236. The molecule has 0 aliphatic heterocycles. The van der Waals surface area contributed by atoms with Crippen LogP contribution in [0.15, 0.2) is 23.4 Å². The molecule has 0 atom stereocenters. The van der Waals surface area contributed by atoms with Crippen molar-refractivity contribution in [2.75, 3.05) is 11.9 Å². The molecule has 112 valence electrons. The fourth-order valence-electron chi connectivity index (χ4n) is 1.82. The zero-order valence-electron chi connectivity index (χ0n) is 11.8. The average molecular weight is 302 g/mol. The molecule has 20 heavy (non-hydrogen) atoms. The summed E-state index contributed by atoms with van der Waals surface area (Å²) < 4.78 is 13.6. The van der Waals surface area contributed by atoms with Crippen LogP contribution in [0.3, 0.4) is 0 Å². The SMILES string of the molecule is CC(C)(CCCCNc1cccc(Cl)c1F)/C(N)=N/O. The van der Waals surface area contributed by atoms with E-state index in [1.807, 2.05) is 13.8 Å². The molecule has 0 aliphatic rings. The van der Waals surface area contributed by atoms with E-state index in [0.29, 0.717) is 12.2 Å². The molecule has 0 heterocycles. The monoisotopic (exact) mass is 301 g/mol. The van der Waals surface area contributed by atoms with Gasteiger partial charge in [0.1, 0.15) is 5.84 Å². The third-order valence-corrected chi connectivity index (χ3v) is 3.59. The third-order valence-electron chi connectivity index (χ3n) is 3.30. The summed E-state index contributed by atoms with van der Waals surface area (Å²) in [4.78, 5) is 0. The van der Waals surface area contributed by atoms with Gasteiger partial charge in [-0.25, -0.2) is 4.39 Å². The Hall–Kier alpha value is -1.49. The summed E-state index contributed by atoms with van der Waals surface area (Å²) in [5.74, 6) is -0.197. The van der Waals surface area contributed by atoms with Gasteiger partial charge in [-0.2, -0.15) is 0 Å². The Labute approximate surface area is 123 Å². The summed E-state index contributed by atoms with van der Waals surface area (Å²) in [7, 11) is 0. The van der Waals surface area contributed by atoms with Crippen LogP contribution in [0.4, 0.5) is 10.1 Å². The summed E-state index contributed by atoms with van der Waals surface area (Å²) in [6, 6.07) is 4.87. The highest BCUT2D eigenvalue weighted by atomic mass is 35.5. The fourth-order valence-corrected chi connectivity index (χ4v) is 1.99. The van der Waals surface area contributed by atoms with E-state index in [-0.39, 0.29) is 16.3 Å². The van der Waals surface area contributed by atoms with Gasteiger partial charge in [0.25, 0.3) is 0 Å². The fraction of sp³-hybridized carbons (Fsp3) is 0.500. The number of benzene rings is 1. The highest BCUT2D eigenvalue weighted by molar-refractivity contribution is 6.31. The van der Waals surface area contributed by atoms with E-state index in [4.69, 9.17) is 22.5 Å². The first kappa shape index (κ1) is 16.6. The number of unbranched alkanes of at least 4 members (excludes halogenated alkanes) is 1. The number of hydrogen-bond donors (Lipinski definition) is 3. The minimum atomic E-state index is -0.425. The molecule has 1 aromatic rings. The normalized spacial score (nSPS) is 12.5. The highest BCUT2D eigenvalue weighted by Crippen LogP contribution is 2.24. The molecule has 1 rings (SSSR count). The Balaban J connectivity index is 2.34. The van der Waals surface area contributed by atoms with Gasteiger partial charge in [-0.15, -0.1) is 0 Å². The van der Waals surface area contributed by atoms with Crippen LogP contribution in [-0.2, 0) is 0 Å². The highest BCUT2D eigenvalue weighted by Gasteiger charge is 2.22. The first-order valence-corrected chi connectivity index (χ1v) is 6.92. The van der Waals surface area contributed by atoms with Gasteiger partial charge in [0.05, 0.1) is 10.7 Å². The molecule has 1 aromatic carbocycles. The van der Waals surface area contributed by atoms with E-state index in [1.165, 1.54) is 6.07 Å². The van der Waals surface area contributed by atoms with Crippen LogP contribution in [0.2, 0.25) is 5.02 Å². The van der Waals surface area contributed by atoms with Crippen molar-refractivity contribution < 1.29 is 9.60 Å². The lowest BCUT2D eigenvalue weighted by atomic mass is 9.86. The summed E-state index contributed by atoms with van der Waals surface area (Å²) >= 11 is 5.70. The van der Waals surface area contributed by atoms with Gasteiger partial charge in [-0.1, -0.05) is 43.1 Å². The topological polar surface area (TPSA) is 70.6 Å². The number of nitrogens with one attached hydrogen (secondary N) is 1. The molecule has 4 nitrogen and oxygen atoms in total. The van der Waals surface area contributed by atoms with E-state index in [0.717, 1.165) is 19.3 Å². The Morgan fingerprint density at radius 3 is 2.80 bits per heavy atom. The third kappa shape index (κ3) is 4.56. The number of anilines is 1. The van der Waals surface area contributed by atoms with Gasteiger partial charge in [-0.3, -0.25) is 0 Å². The zero-order chi connectivity index (χ0) is 15.2. The van der Waals surface area contributed by atoms with E-state index >= 15 is 0 Å². The number of halogens is 2. The molecule has 0 amide bonds. The lowest BCUT2D eigenvalue weighted by molar-refractivity contribution is 0.304. The van der Waals surface area contributed by atoms with Crippen molar-refractivity contribution in [3.8, 4) is 0 Å². The van der Waals surface area contributed by atoms with Crippen molar-refractivity contribution >= 4 is 23.1 Å². The second kappa shape index (κ2) is 7.33. The summed E-state index contributed by atoms with van der Waals surface area (Å²) in [5, 5.41) is 14.8. The predicted molar refractivity (Wildman–Crippen MR) is 80.9 cm³/mol. The Kier molecular flexibility index (Phi) is 6.07. The van der Waals surface area contributed by atoms with Crippen molar-refractivity contribution in [3.63, 3.8) is 0 Å². The lowest BCUT2D eigenvalue weighted by Gasteiger charge is -2.22. The van der Waals surface area contributed by atoms with Crippen LogP contribution < -0.4 is 11.1 Å². The molecular formula is C14H21ClFN3O. The van der Waals surface area contributed by atoms with Gasteiger partial charge in [0, 0.05) is 12.0 Å². The van der Waals surface area contributed by atoms with Crippen LogP contribution in [0.1, 0.15) is 33.1 Å². The summed E-state index contributed by atoms with van der Waals surface area (Å²) in [5.41, 5.74) is 5.69. The second-order valence-electron chi connectivity index (χ2n) is 5.35. The molecule has 0 unspecified atom stereocenters. The van der Waals surface area contributed by atoms with Gasteiger partial charge in [-0.05, 0) is 25.0 Å². The van der Waals surface area contributed by atoms with Crippen LogP contribution >= 0.6 is 11.6 Å². The van der Waals surface area contributed by atoms with Crippen LogP contribution in [-0.4, -0.2) is 17.6 Å². The van der Waals surface area contributed by atoms with Crippen LogP contribution in [0.25, 0.3) is 0 Å². The lowest BCUT2D eigenvalue weighted by Crippen LogP contribution is -2.31. The van der Waals surface area contributed by atoms with E-state index < -0.39 is 5.82 Å². The molecule has 0 aliphatic carbocycles. The number of hydrogen-bond acceptors (Lipinski definition) is 3. The number of nitrogens with zero attached hydrogens (tertiary/aromatic N) is 1. The predicted octanol–water partition coefficient (Wildman–Crippen LogP) is 3.83. The molecule has 6 heteroatoms.